The van der Waals surface area contributed by atoms with Crippen molar-refractivity contribution < 1.29 is 13.6 Å². The highest BCUT2D eigenvalue weighted by Gasteiger charge is 2.20. The Bertz CT molecular complexity index is 593. The summed E-state index contributed by atoms with van der Waals surface area (Å²) in [7, 11) is 0. The number of ketones is 1. The Morgan fingerprint density at radius 3 is 2.40 bits per heavy atom. The maximum Gasteiger partial charge on any atom is 0.162 e. The first-order chi connectivity index (χ1) is 9.63. The largest absolute Gasteiger partial charge is 0.299 e. The van der Waals surface area contributed by atoms with Gasteiger partial charge >= 0.3 is 0 Å². The molecule has 0 amide bonds. The zero-order valence-corrected chi connectivity index (χ0v) is 11.3. The molecule has 0 heterocycles. The van der Waals surface area contributed by atoms with E-state index in [1.165, 1.54) is 12.1 Å². The smallest absolute Gasteiger partial charge is 0.162 e. The average molecular weight is 274 g/mol. The molecule has 1 atom stereocenters. The van der Waals surface area contributed by atoms with Crippen LogP contribution < -0.4 is 0 Å². The minimum absolute atomic E-state index is 0.0863. The Morgan fingerprint density at radius 1 is 1.05 bits per heavy atom. The van der Waals surface area contributed by atoms with Crippen molar-refractivity contribution in [2.24, 2.45) is 0 Å². The molecule has 0 N–H and O–H groups in total. The van der Waals surface area contributed by atoms with E-state index in [4.69, 9.17) is 0 Å². The number of hydrogen-bond donors (Lipinski definition) is 0. The van der Waals surface area contributed by atoms with Gasteiger partial charge < -0.3 is 0 Å². The molecule has 2 aromatic carbocycles. The molecule has 20 heavy (non-hydrogen) atoms. The van der Waals surface area contributed by atoms with E-state index in [9.17, 15) is 13.6 Å². The molecule has 1 nitrogen and oxygen atoms in total. The van der Waals surface area contributed by atoms with Gasteiger partial charge in [-0.25, -0.2) is 8.78 Å². The molecule has 2 aromatic rings. The molecule has 104 valence electrons. The fourth-order valence-electron chi connectivity index (χ4n) is 2.33. The standard InChI is InChI=1S/C17H16F2O/c1-2-14(12-7-4-3-5-8-12)16(20)11-13-9-6-10-15(18)17(13)19/h3-10,14H,2,11H2,1H3. The third-order valence-electron chi connectivity index (χ3n) is 3.40. The van der Waals surface area contributed by atoms with Crippen LogP contribution in [-0.2, 0) is 11.2 Å². The highest BCUT2D eigenvalue weighted by atomic mass is 19.2. The molecular weight excluding hydrogens is 258 g/mol. The Kier molecular flexibility index (Phi) is 4.61. The van der Waals surface area contributed by atoms with E-state index in [1.54, 1.807) is 0 Å². The summed E-state index contributed by atoms with van der Waals surface area (Å²) in [5.74, 6) is -2.21. The number of hydrogen-bond acceptors (Lipinski definition) is 1. The highest BCUT2D eigenvalue weighted by Crippen LogP contribution is 2.23. The third-order valence-corrected chi connectivity index (χ3v) is 3.40. The van der Waals surface area contributed by atoms with Crippen LogP contribution in [0.3, 0.4) is 0 Å². The monoisotopic (exact) mass is 274 g/mol. The summed E-state index contributed by atoms with van der Waals surface area (Å²) >= 11 is 0. The summed E-state index contributed by atoms with van der Waals surface area (Å²) in [6, 6.07) is 13.3. The van der Waals surface area contributed by atoms with E-state index in [0.29, 0.717) is 6.42 Å². The first-order valence-corrected chi connectivity index (χ1v) is 6.64. The van der Waals surface area contributed by atoms with E-state index >= 15 is 0 Å². The van der Waals surface area contributed by atoms with Crippen molar-refractivity contribution in [3.63, 3.8) is 0 Å². The lowest BCUT2D eigenvalue weighted by Gasteiger charge is -2.14. The van der Waals surface area contributed by atoms with Gasteiger partial charge in [-0.15, -0.1) is 0 Å². The van der Waals surface area contributed by atoms with Gasteiger partial charge in [0, 0.05) is 12.3 Å². The predicted molar refractivity (Wildman–Crippen MR) is 74.5 cm³/mol. The van der Waals surface area contributed by atoms with Crippen LogP contribution in [0.25, 0.3) is 0 Å². The summed E-state index contributed by atoms with van der Waals surface area (Å²) in [5.41, 5.74) is 1.03. The minimum atomic E-state index is -0.927. The van der Waals surface area contributed by atoms with Gasteiger partial charge in [0.2, 0.25) is 0 Å². The van der Waals surface area contributed by atoms with Gasteiger partial charge in [0.15, 0.2) is 11.6 Å². The summed E-state index contributed by atoms with van der Waals surface area (Å²) in [6.45, 7) is 1.91. The van der Waals surface area contributed by atoms with Crippen LogP contribution in [0.2, 0.25) is 0 Å². The van der Waals surface area contributed by atoms with Crippen molar-refractivity contribution >= 4 is 5.78 Å². The summed E-state index contributed by atoms with van der Waals surface area (Å²) in [5, 5.41) is 0. The van der Waals surface area contributed by atoms with Gasteiger partial charge in [0.25, 0.3) is 0 Å². The highest BCUT2D eigenvalue weighted by molar-refractivity contribution is 5.87. The third kappa shape index (κ3) is 3.10. The molecule has 0 aliphatic heterocycles. The second-order valence-electron chi connectivity index (χ2n) is 4.73. The molecule has 3 heteroatoms. The van der Waals surface area contributed by atoms with Gasteiger partial charge in [0.1, 0.15) is 5.78 Å². The van der Waals surface area contributed by atoms with Crippen LogP contribution in [0.5, 0.6) is 0 Å². The van der Waals surface area contributed by atoms with Crippen LogP contribution in [-0.4, -0.2) is 5.78 Å². The van der Waals surface area contributed by atoms with Crippen molar-refractivity contribution in [2.45, 2.75) is 25.7 Å². The van der Waals surface area contributed by atoms with Gasteiger partial charge in [0.05, 0.1) is 0 Å². The number of Topliss-reactive ketones (excluding diaryl/α,β-unsaturated/α-hetero) is 1. The molecule has 2 rings (SSSR count). The van der Waals surface area contributed by atoms with Gasteiger partial charge in [-0.2, -0.15) is 0 Å². The van der Waals surface area contributed by atoms with E-state index in [0.717, 1.165) is 11.6 Å². The van der Waals surface area contributed by atoms with E-state index in [1.807, 2.05) is 37.3 Å². The number of halogens is 2. The Balaban J connectivity index is 2.20. The summed E-state index contributed by atoms with van der Waals surface area (Å²) < 4.78 is 26.8. The Morgan fingerprint density at radius 2 is 1.75 bits per heavy atom. The van der Waals surface area contributed by atoms with Crippen molar-refractivity contribution in [1.82, 2.24) is 0 Å². The van der Waals surface area contributed by atoms with Gasteiger partial charge in [-0.05, 0) is 23.6 Å². The predicted octanol–water partition coefficient (Wildman–Crippen LogP) is 4.27. The lowest BCUT2D eigenvalue weighted by molar-refractivity contribution is -0.120. The van der Waals surface area contributed by atoms with E-state index < -0.39 is 11.6 Å². The van der Waals surface area contributed by atoms with Crippen molar-refractivity contribution in [2.75, 3.05) is 0 Å². The van der Waals surface area contributed by atoms with Crippen LogP contribution >= 0.6 is 0 Å². The van der Waals surface area contributed by atoms with Crippen molar-refractivity contribution in [3.8, 4) is 0 Å². The average Bonchev–Trinajstić information content (AvgIpc) is 2.46. The van der Waals surface area contributed by atoms with Crippen LogP contribution in [0.4, 0.5) is 8.78 Å². The summed E-state index contributed by atoms with van der Waals surface area (Å²) in [6.07, 6.45) is 0.552. The maximum absolute atomic E-state index is 13.6. The summed E-state index contributed by atoms with van der Waals surface area (Å²) in [4.78, 5) is 12.3. The molecule has 0 bridgehead atoms. The Labute approximate surface area is 117 Å². The number of benzene rings is 2. The lowest BCUT2D eigenvalue weighted by Crippen LogP contribution is -2.15. The topological polar surface area (TPSA) is 17.1 Å². The van der Waals surface area contributed by atoms with E-state index in [2.05, 4.69) is 0 Å². The molecule has 0 aliphatic carbocycles. The molecule has 1 unspecified atom stereocenters. The maximum atomic E-state index is 13.6. The first kappa shape index (κ1) is 14.4. The normalized spacial score (nSPS) is 12.2. The van der Waals surface area contributed by atoms with Crippen molar-refractivity contribution in [3.05, 3.63) is 71.3 Å². The lowest BCUT2D eigenvalue weighted by atomic mass is 9.89. The first-order valence-electron chi connectivity index (χ1n) is 6.64. The zero-order valence-electron chi connectivity index (χ0n) is 11.3. The van der Waals surface area contributed by atoms with Gasteiger partial charge in [-0.3, -0.25) is 4.79 Å². The van der Waals surface area contributed by atoms with Gasteiger partial charge in [-0.1, -0.05) is 49.4 Å². The molecule has 0 aromatic heterocycles. The molecular formula is C17H16F2O. The molecule has 0 saturated heterocycles. The molecule has 0 radical (unpaired) electrons. The SMILES string of the molecule is CCC(C(=O)Cc1cccc(F)c1F)c1ccccc1. The fourth-order valence-corrected chi connectivity index (χ4v) is 2.33. The Hall–Kier alpha value is -2.03. The quantitative estimate of drug-likeness (QED) is 0.795. The van der Waals surface area contributed by atoms with Crippen LogP contribution in [0.15, 0.2) is 48.5 Å². The minimum Gasteiger partial charge on any atom is -0.299 e. The van der Waals surface area contributed by atoms with E-state index in [-0.39, 0.29) is 23.7 Å². The zero-order chi connectivity index (χ0) is 14.5. The van der Waals surface area contributed by atoms with Crippen LogP contribution in [0.1, 0.15) is 30.4 Å². The van der Waals surface area contributed by atoms with Crippen molar-refractivity contribution in [1.29, 1.82) is 0 Å². The number of carbonyl (C=O) groups excluding carboxylic acids is 1. The number of carbonyl (C=O) groups is 1. The second-order valence-corrected chi connectivity index (χ2v) is 4.73. The molecule has 0 aliphatic rings. The fraction of sp³-hybridized carbons (Fsp3) is 0.235. The van der Waals surface area contributed by atoms with Crippen LogP contribution in [0, 0.1) is 11.6 Å². The molecule has 0 saturated carbocycles. The second kappa shape index (κ2) is 6.42. The number of rotatable bonds is 5. The molecule has 0 fully saturated rings. The molecule has 0 spiro atoms.